The molecule has 0 N–H and O–H groups in total. The molecule has 0 saturated heterocycles. The molecule has 17 heavy (non-hydrogen) atoms. The van der Waals surface area contributed by atoms with Crippen LogP contribution >= 0.6 is 0 Å². The number of nitrogens with zero attached hydrogens (tertiary/aromatic N) is 1. The van der Waals surface area contributed by atoms with Gasteiger partial charge in [0.15, 0.2) is 0 Å². The van der Waals surface area contributed by atoms with Crippen molar-refractivity contribution in [1.29, 1.82) is 0 Å². The number of rotatable bonds is 3. The van der Waals surface area contributed by atoms with Gasteiger partial charge in [0.2, 0.25) is 5.78 Å². The number of carbonyl (C=O) groups excluding carboxylic acids is 1. The lowest BCUT2D eigenvalue weighted by Crippen LogP contribution is -2.09. The molecule has 0 fully saturated rings. The van der Waals surface area contributed by atoms with E-state index in [0.29, 0.717) is 5.69 Å². The molecule has 0 radical (unpaired) electrons. The Labute approximate surface area is 103 Å². The number of pyridine rings is 1. The molecule has 0 spiro atoms. The normalized spacial score (nSPS) is 16.2. The zero-order valence-corrected chi connectivity index (χ0v) is 10.4. The van der Waals surface area contributed by atoms with E-state index in [0.717, 1.165) is 36.8 Å². The number of aromatic nitrogens is 1. The molecule has 2 nitrogen and oxygen atoms in total. The van der Waals surface area contributed by atoms with Gasteiger partial charge in [-0.2, -0.15) is 0 Å². The first-order chi connectivity index (χ1) is 8.33. The standard InChI is InChI=1S/C15H19NO/c1-2-12-10-7-11-16-14(12)15(17)13-8-5-3-4-6-9-13/h7-8,10-11H,2-6,9H2,1H3. The minimum Gasteiger partial charge on any atom is -0.287 e. The van der Waals surface area contributed by atoms with E-state index >= 15 is 0 Å². The fourth-order valence-electron chi connectivity index (χ4n) is 2.30. The molecular weight excluding hydrogens is 210 g/mol. The van der Waals surface area contributed by atoms with Gasteiger partial charge in [0.25, 0.3) is 0 Å². The van der Waals surface area contributed by atoms with Crippen molar-refractivity contribution in [3.05, 3.63) is 41.2 Å². The molecule has 1 heterocycles. The van der Waals surface area contributed by atoms with E-state index in [1.165, 1.54) is 12.8 Å². The van der Waals surface area contributed by atoms with E-state index in [1.807, 2.05) is 12.1 Å². The SMILES string of the molecule is CCc1cccnc1C(=O)C1=CCCCCC1. The second-order valence-electron chi connectivity index (χ2n) is 4.52. The molecule has 1 aliphatic carbocycles. The predicted molar refractivity (Wildman–Crippen MR) is 69.1 cm³/mol. The highest BCUT2D eigenvalue weighted by atomic mass is 16.1. The maximum Gasteiger partial charge on any atom is 0.207 e. The topological polar surface area (TPSA) is 30.0 Å². The Balaban J connectivity index is 2.26. The van der Waals surface area contributed by atoms with Crippen LogP contribution in [0.5, 0.6) is 0 Å². The van der Waals surface area contributed by atoms with Gasteiger partial charge in [-0.25, -0.2) is 0 Å². The Bertz CT molecular complexity index is 434. The van der Waals surface area contributed by atoms with E-state index in [9.17, 15) is 4.79 Å². The molecule has 0 aromatic carbocycles. The van der Waals surface area contributed by atoms with Crippen molar-refractivity contribution in [2.24, 2.45) is 0 Å². The van der Waals surface area contributed by atoms with Crippen LogP contribution in [0.3, 0.4) is 0 Å². The number of carbonyl (C=O) groups is 1. The summed E-state index contributed by atoms with van der Waals surface area (Å²) in [6.45, 7) is 2.06. The van der Waals surface area contributed by atoms with E-state index in [4.69, 9.17) is 0 Å². The van der Waals surface area contributed by atoms with Gasteiger partial charge in [0.1, 0.15) is 5.69 Å². The first-order valence-corrected chi connectivity index (χ1v) is 6.50. The van der Waals surface area contributed by atoms with Crippen LogP contribution in [-0.4, -0.2) is 10.8 Å². The van der Waals surface area contributed by atoms with E-state index < -0.39 is 0 Å². The van der Waals surface area contributed by atoms with Crippen molar-refractivity contribution < 1.29 is 4.79 Å². The summed E-state index contributed by atoms with van der Waals surface area (Å²) in [7, 11) is 0. The van der Waals surface area contributed by atoms with Crippen LogP contribution in [0.15, 0.2) is 30.0 Å². The Hall–Kier alpha value is -1.44. The quantitative estimate of drug-likeness (QED) is 0.739. The molecule has 0 amide bonds. The molecule has 90 valence electrons. The molecule has 2 heteroatoms. The molecule has 0 bridgehead atoms. The molecule has 0 atom stereocenters. The summed E-state index contributed by atoms with van der Waals surface area (Å²) in [5, 5.41) is 0. The first-order valence-electron chi connectivity index (χ1n) is 6.50. The van der Waals surface area contributed by atoms with Crippen LogP contribution in [0.4, 0.5) is 0 Å². The van der Waals surface area contributed by atoms with E-state index in [2.05, 4.69) is 18.0 Å². The predicted octanol–water partition coefficient (Wildman–Crippen LogP) is 3.72. The fourth-order valence-corrected chi connectivity index (χ4v) is 2.30. The molecule has 0 aliphatic heterocycles. The highest BCUT2D eigenvalue weighted by molar-refractivity contribution is 6.08. The summed E-state index contributed by atoms with van der Waals surface area (Å²) in [6, 6.07) is 3.90. The second-order valence-corrected chi connectivity index (χ2v) is 4.52. The third-order valence-electron chi connectivity index (χ3n) is 3.32. The lowest BCUT2D eigenvalue weighted by Gasteiger charge is -2.07. The van der Waals surface area contributed by atoms with Crippen LogP contribution in [0, 0.1) is 0 Å². The monoisotopic (exact) mass is 229 g/mol. The van der Waals surface area contributed by atoms with Crippen molar-refractivity contribution in [2.75, 3.05) is 0 Å². The Morgan fingerprint density at radius 3 is 3.06 bits per heavy atom. The Morgan fingerprint density at radius 1 is 1.35 bits per heavy atom. The van der Waals surface area contributed by atoms with Crippen molar-refractivity contribution >= 4 is 5.78 Å². The fraction of sp³-hybridized carbons (Fsp3) is 0.467. The number of Topliss-reactive ketones (excluding diaryl/α,β-unsaturated/α-hetero) is 1. The smallest absolute Gasteiger partial charge is 0.207 e. The van der Waals surface area contributed by atoms with Gasteiger partial charge in [-0.3, -0.25) is 9.78 Å². The highest BCUT2D eigenvalue weighted by Gasteiger charge is 2.17. The largest absolute Gasteiger partial charge is 0.287 e. The number of ketones is 1. The third-order valence-corrected chi connectivity index (χ3v) is 3.32. The van der Waals surface area contributed by atoms with Crippen molar-refractivity contribution in [2.45, 2.75) is 45.4 Å². The lowest BCUT2D eigenvalue weighted by atomic mass is 9.99. The van der Waals surface area contributed by atoms with Crippen LogP contribution in [0.1, 0.15) is 55.1 Å². The number of allylic oxidation sites excluding steroid dienone is 2. The van der Waals surface area contributed by atoms with Crippen LogP contribution < -0.4 is 0 Å². The molecule has 1 aromatic heterocycles. The number of hydrogen-bond acceptors (Lipinski definition) is 2. The van der Waals surface area contributed by atoms with E-state index in [-0.39, 0.29) is 5.78 Å². The van der Waals surface area contributed by atoms with Crippen molar-refractivity contribution in [3.63, 3.8) is 0 Å². The second kappa shape index (κ2) is 5.76. The molecule has 1 aromatic rings. The van der Waals surface area contributed by atoms with E-state index in [1.54, 1.807) is 6.20 Å². The Kier molecular flexibility index (Phi) is 4.08. The summed E-state index contributed by atoms with van der Waals surface area (Å²) in [4.78, 5) is 16.7. The number of hydrogen-bond donors (Lipinski definition) is 0. The summed E-state index contributed by atoms with van der Waals surface area (Å²) >= 11 is 0. The minimum atomic E-state index is 0.143. The average molecular weight is 229 g/mol. The zero-order chi connectivity index (χ0) is 12.1. The van der Waals surface area contributed by atoms with Crippen LogP contribution in [0.2, 0.25) is 0 Å². The average Bonchev–Trinajstić information content (AvgIpc) is 2.66. The first kappa shape index (κ1) is 12.0. The third kappa shape index (κ3) is 2.82. The minimum absolute atomic E-state index is 0.143. The molecular formula is C15H19NO. The van der Waals surface area contributed by atoms with Gasteiger partial charge >= 0.3 is 0 Å². The van der Waals surface area contributed by atoms with Gasteiger partial charge < -0.3 is 0 Å². The summed E-state index contributed by atoms with van der Waals surface area (Å²) in [5.41, 5.74) is 2.68. The summed E-state index contributed by atoms with van der Waals surface area (Å²) in [5.74, 6) is 0.143. The maximum atomic E-state index is 12.4. The van der Waals surface area contributed by atoms with Crippen molar-refractivity contribution in [3.8, 4) is 0 Å². The number of aryl methyl sites for hydroxylation is 1. The Morgan fingerprint density at radius 2 is 2.24 bits per heavy atom. The van der Waals surface area contributed by atoms with Crippen LogP contribution in [-0.2, 0) is 6.42 Å². The highest BCUT2D eigenvalue weighted by Crippen LogP contribution is 2.21. The van der Waals surface area contributed by atoms with Gasteiger partial charge in [-0.15, -0.1) is 0 Å². The lowest BCUT2D eigenvalue weighted by molar-refractivity contribution is 0.102. The van der Waals surface area contributed by atoms with Gasteiger partial charge in [0, 0.05) is 6.20 Å². The van der Waals surface area contributed by atoms with Crippen molar-refractivity contribution in [1.82, 2.24) is 4.98 Å². The molecule has 1 aliphatic rings. The zero-order valence-electron chi connectivity index (χ0n) is 10.4. The molecule has 0 saturated carbocycles. The van der Waals surface area contributed by atoms with Crippen LogP contribution in [0.25, 0.3) is 0 Å². The molecule has 2 rings (SSSR count). The van der Waals surface area contributed by atoms with Gasteiger partial charge in [-0.05, 0) is 49.3 Å². The van der Waals surface area contributed by atoms with Gasteiger partial charge in [-0.1, -0.05) is 25.5 Å². The maximum absolute atomic E-state index is 12.4. The summed E-state index contributed by atoms with van der Waals surface area (Å²) in [6.07, 6.45) is 10.2. The summed E-state index contributed by atoms with van der Waals surface area (Å²) < 4.78 is 0. The van der Waals surface area contributed by atoms with Gasteiger partial charge in [0.05, 0.1) is 0 Å². The molecule has 0 unspecified atom stereocenters.